The maximum atomic E-state index is 10.6. The molecule has 0 radical (unpaired) electrons. The van der Waals surface area contributed by atoms with E-state index >= 15 is 0 Å². The Kier molecular flexibility index (Phi) is 2.65. The highest BCUT2D eigenvalue weighted by atomic mass is 32.1. The van der Waals surface area contributed by atoms with Crippen molar-refractivity contribution < 1.29 is 9.90 Å². The minimum atomic E-state index is -0.727. The number of carbonyl (C=O) groups is 1. The fourth-order valence-corrected chi connectivity index (χ4v) is 1.89. The fourth-order valence-electron chi connectivity index (χ4n) is 0.987. The first kappa shape index (κ1) is 8.27. The van der Waals surface area contributed by atoms with Crippen LogP contribution < -0.4 is 0 Å². The van der Waals surface area contributed by atoms with Gasteiger partial charge in [0.25, 0.3) is 0 Å². The summed E-state index contributed by atoms with van der Waals surface area (Å²) in [4.78, 5) is 11.6. The summed E-state index contributed by atoms with van der Waals surface area (Å²) in [5.41, 5.74) is 0. The molecule has 1 heterocycles. The Bertz CT molecular complexity index is 228. The van der Waals surface area contributed by atoms with Crippen LogP contribution >= 0.6 is 11.3 Å². The van der Waals surface area contributed by atoms with Gasteiger partial charge < -0.3 is 5.11 Å². The van der Waals surface area contributed by atoms with E-state index in [0.29, 0.717) is 6.42 Å². The summed E-state index contributed by atoms with van der Waals surface area (Å²) < 4.78 is 0. The Morgan fingerprint density at radius 3 is 2.91 bits per heavy atom. The van der Waals surface area contributed by atoms with E-state index in [0.717, 1.165) is 4.88 Å². The Morgan fingerprint density at radius 1 is 1.82 bits per heavy atom. The first-order valence-corrected chi connectivity index (χ1v) is 4.40. The molecule has 0 amide bonds. The Balaban J connectivity index is 2.79. The number of carboxylic acid groups (broad SMARTS) is 1. The average Bonchev–Trinajstić information content (AvgIpc) is 2.40. The minimum Gasteiger partial charge on any atom is -0.481 e. The molecule has 0 aliphatic heterocycles. The third kappa shape index (κ3) is 1.80. The van der Waals surface area contributed by atoms with Crippen LogP contribution in [0.25, 0.3) is 0 Å². The van der Waals surface area contributed by atoms with Crippen LogP contribution in [0.4, 0.5) is 0 Å². The first-order chi connectivity index (χ1) is 5.25. The van der Waals surface area contributed by atoms with Crippen LogP contribution in [0.5, 0.6) is 0 Å². The van der Waals surface area contributed by atoms with Crippen molar-refractivity contribution >= 4 is 17.3 Å². The maximum Gasteiger partial charge on any atom is 0.311 e. The molecular weight excluding hydrogens is 160 g/mol. The number of carboxylic acids is 1. The van der Waals surface area contributed by atoms with Crippen molar-refractivity contribution in [2.75, 3.05) is 0 Å². The highest BCUT2D eigenvalue weighted by Gasteiger charge is 2.17. The molecule has 1 atom stereocenters. The Labute approximate surface area is 69.5 Å². The molecule has 1 aromatic heterocycles. The van der Waals surface area contributed by atoms with Gasteiger partial charge in [0, 0.05) is 4.88 Å². The summed E-state index contributed by atoms with van der Waals surface area (Å²) in [5.74, 6) is -1.04. The number of hydrogen-bond acceptors (Lipinski definition) is 2. The van der Waals surface area contributed by atoms with E-state index in [1.807, 2.05) is 24.4 Å². The van der Waals surface area contributed by atoms with Gasteiger partial charge in [-0.3, -0.25) is 4.79 Å². The van der Waals surface area contributed by atoms with Crippen molar-refractivity contribution in [1.29, 1.82) is 0 Å². The lowest BCUT2D eigenvalue weighted by Crippen LogP contribution is -2.08. The second-order valence-electron chi connectivity index (χ2n) is 2.31. The van der Waals surface area contributed by atoms with Crippen LogP contribution in [0.3, 0.4) is 0 Å². The summed E-state index contributed by atoms with van der Waals surface area (Å²) in [6.45, 7) is 1.89. The van der Waals surface area contributed by atoms with Crippen molar-refractivity contribution in [2.45, 2.75) is 19.3 Å². The maximum absolute atomic E-state index is 10.6. The second-order valence-corrected chi connectivity index (χ2v) is 3.29. The lowest BCUT2D eigenvalue weighted by molar-refractivity contribution is -0.138. The number of thiophene rings is 1. The molecular formula is C8H10O2S. The molecule has 0 bridgehead atoms. The SMILES string of the molecule is CC[C@@H](C(=O)O)c1cccs1. The van der Waals surface area contributed by atoms with Crippen molar-refractivity contribution in [1.82, 2.24) is 0 Å². The third-order valence-corrected chi connectivity index (χ3v) is 2.58. The number of rotatable bonds is 3. The molecule has 2 nitrogen and oxygen atoms in total. The normalized spacial score (nSPS) is 12.8. The first-order valence-electron chi connectivity index (χ1n) is 3.52. The Morgan fingerprint density at radius 2 is 2.55 bits per heavy atom. The fraction of sp³-hybridized carbons (Fsp3) is 0.375. The van der Waals surface area contributed by atoms with E-state index in [4.69, 9.17) is 5.11 Å². The van der Waals surface area contributed by atoms with Crippen LogP contribution in [-0.2, 0) is 4.79 Å². The van der Waals surface area contributed by atoms with E-state index in [9.17, 15) is 4.79 Å². The zero-order valence-electron chi connectivity index (χ0n) is 6.28. The molecule has 1 aromatic rings. The van der Waals surface area contributed by atoms with E-state index in [1.165, 1.54) is 11.3 Å². The van der Waals surface area contributed by atoms with Crippen molar-refractivity contribution in [3.8, 4) is 0 Å². The molecule has 11 heavy (non-hydrogen) atoms. The number of hydrogen-bond donors (Lipinski definition) is 1. The van der Waals surface area contributed by atoms with Crippen LogP contribution in [0.15, 0.2) is 17.5 Å². The molecule has 0 unspecified atom stereocenters. The van der Waals surface area contributed by atoms with E-state index in [-0.39, 0.29) is 5.92 Å². The predicted octanol–water partition coefficient (Wildman–Crippen LogP) is 2.33. The highest BCUT2D eigenvalue weighted by Crippen LogP contribution is 2.23. The van der Waals surface area contributed by atoms with E-state index in [1.54, 1.807) is 0 Å². The molecule has 3 heteroatoms. The standard InChI is InChI=1S/C8H10O2S/c1-2-6(8(9)10)7-4-3-5-11-7/h3-6H,2H2,1H3,(H,9,10)/t6-/m1/s1. The summed E-state index contributed by atoms with van der Waals surface area (Å²) in [6.07, 6.45) is 0.663. The highest BCUT2D eigenvalue weighted by molar-refractivity contribution is 7.10. The summed E-state index contributed by atoms with van der Waals surface area (Å²) in [7, 11) is 0. The third-order valence-electron chi connectivity index (χ3n) is 1.59. The van der Waals surface area contributed by atoms with Crippen molar-refractivity contribution in [3.63, 3.8) is 0 Å². The lowest BCUT2D eigenvalue weighted by Gasteiger charge is -2.04. The van der Waals surface area contributed by atoms with Crippen molar-refractivity contribution in [3.05, 3.63) is 22.4 Å². The van der Waals surface area contributed by atoms with Crippen LogP contribution in [0.2, 0.25) is 0 Å². The van der Waals surface area contributed by atoms with Gasteiger partial charge in [-0.1, -0.05) is 13.0 Å². The second kappa shape index (κ2) is 3.53. The minimum absolute atomic E-state index is 0.310. The molecule has 0 fully saturated rings. The predicted molar refractivity (Wildman–Crippen MR) is 45.0 cm³/mol. The molecule has 0 spiro atoms. The topological polar surface area (TPSA) is 37.3 Å². The largest absolute Gasteiger partial charge is 0.481 e. The molecule has 0 aliphatic carbocycles. The van der Waals surface area contributed by atoms with Crippen LogP contribution in [-0.4, -0.2) is 11.1 Å². The molecule has 1 N–H and O–H groups in total. The number of aliphatic carboxylic acids is 1. The zero-order valence-corrected chi connectivity index (χ0v) is 7.10. The van der Waals surface area contributed by atoms with Gasteiger partial charge in [-0.25, -0.2) is 0 Å². The van der Waals surface area contributed by atoms with Gasteiger partial charge in [0.1, 0.15) is 0 Å². The molecule has 0 aromatic carbocycles. The van der Waals surface area contributed by atoms with Gasteiger partial charge in [-0.05, 0) is 17.9 Å². The summed E-state index contributed by atoms with van der Waals surface area (Å²) in [6, 6.07) is 3.75. The zero-order chi connectivity index (χ0) is 8.27. The van der Waals surface area contributed by atoms with E-state index < -0.39 is 5.97 Å². The summed E-state index contributed by atoms with van der Waals surface area (Å²) >= 11 is 1.50. The van der Waals surface area contributed by atoms with Gasteiger partial charge in [-0.2, -0.15) is 0 Å². The van der Waals surface area contributed by atoms with Crippen molar-refractivity contribution in [2.24, 2.45) is 0 Å². The smallest absolute Gasteiger partial charge is 0.311 e. The summed E-state index contributed by atoms with van der Waals surface area (Å²) in [5, 5.41) is 10.7. The van der Waals surface area contributed by atoms with Gasteiger partial charge in [0.05, 0.1) is 5.92 Å². The van der Waals surface area contributed by atoms with Crippen LogP contribution in [0.1, 0.15) is 24.1 Å². The average molecular weight is 170 g/mol. The van der Waals surface area contributed by atoms with Gasteiger partial charge in [-0.15, -0.1) is 11.3 Å². The quantitative estimate of drug-likeness (QED) is 0.755. The molecule has 0 saturated heterocycles. The van der Waals surface area contributed by atoms with Crippen LogP contribution in [0, 0.1) is 0 Å². The lowest BCUT2D eigenvalue weighted by atomic mass is 10.1. The monoisotopic (exact) mass is 170 g/mol. The molecule has 0 saturated carbocycles. The van der Waals surface area contributed by atoms with Gasteiger partial charge in [0.2, 0.25) is 0 Å². The van der Waals surface area contributed by atoms with E-state index in [2.05, 4.69) is 0 Å². The molecule has 60 valence electrons. The molecule has 0 aliphatic rings. The molecule has 1 rings (SSSR count). The Hall–Kier alpha value is -0.830. The van der Waals surface area contributed by atoms with Gasteiger partial charge in [0.15, 0.2) is 0 Å². The van der Waals surface area contributed by atoms with Gasteiger partial charge >= 0.3 is 5.97 Å².